The molecule has 1 amide bonds. The summed E-state index contributed by atoms with van der Waals surface area (Å²) in [5.41, 5.74) is 9.01. The Hall–Kier alpha value is -2.51. The number of hydrogen-bond donors (Lipinski definition) is 2. The molecule has 0 fully saturated rings. The van der Waals surface area contributed by atoms with Crippen LogP contribution in [0.1, 0.15) is 37.4 Å². The van der Waals surface area contributed by atoms with Gasteiger partial charge in [-0.1, -0.05) is 67.5 Å². The molecule has 1 atom stereocenters. The van der Waals surface area contributed by atoms with Gasteiger partial charge in [-0.25, -0.2) is 0 Å². The first kappa shape index (κ1) is 21.2. The molecule has 0 saturated carbocycles. The molecule has 0 radical (unpaired) electrons. The van der Waals surface area contributed by atoms with Gasteiger partial charge in [-0.15, -0.1) is 10.2 Å². The number of anilines is 2. The molecule has 3 aromatic rings. The first-order valence-corrected chi connectivity index (χ1v) is 10.9. The van der Waals surface area contributed by atoms with E-state index in [0.29, 0.717) is 22.4 Å². The molecule has 3 rings (SSSR count). The second-order valence-corrected chi connectivity index (χ2v) is 7.90. The third kappa shape index (κ3) is 5.10. The highest BCUT2D eigenvalue weighted by Crippen LogP contribution is 2.30. The van der Waals surface area contributed by atoms with Crippen LogP contribution in [0.2, 0.25) is 5.02 Å². The maximum atomic E-state index is 13.0. The standard InChI is InChI=1S/C21H24ClN5OS/c1-3-14-9-11-16(12-10-14)24-19(28)18(4-2)27-20(23)25-26-21(27)29-13-15-7-5-6-8-17(15)22/h5-12,18H,3-4,13H2,1-2H3,(H2,23,25)(H,24,28). The van der Waals surface area contributed by atoms with Crippen LogP contribution >= 0.6 is 23.4 Å². The number of aromatic nitrogens is 3. The number of benzene rings is 2. The molecule has 0 aliphatic carbocycles. The maximum absolute atomic E-state index is 13.0. The Labute approximate surface area is 179 Å². The Balaban J connectivity index is 1.77. The minimum Gasteiger partial charge on any atom is -0.368 e. The number of carbonyl (C=O) groups is 1. The molecule has 1 unspecified atom stereocenters. The van der Waals surface area contributed by atoms with Crippen molar-refractivity contribution in [1.82, 2.24) is 14.8 Å². The summed E-state index contributed by atoms with van der Waals surface area (Å²) in [4.78, 5) is 13.0. The van der Waals surface area contributed by atoms with Gasteiger partial charge in [0.25, 0.3) is 0 Å². The highest BCUT2D eigenvalue weighted by molar-refractivity contribution is 7.98. The van der Waals surface area contributed by atoms with Crippen molar-refractivity contribution in [2.45, 2.75) is 43.6 Å². The first-order chi connectivity index (χ1) is 14.0. The zero-order valence-electron chi connectivity index (χ0n) is 16.4. The molecule has 0 bridgehead atoms. The van der Waals surface area contributed by atoms with Gasteiger partial charge >= 0.3 is 0 Å². The smallest absolute Gasteiger partial charge is 0.247 e. The topological polar surface area (TPSA) is 85.8 Å². The van der Waals surface area contributed by atoms with Crippen molar-refractivity contribution in [3.63, 3.8) is 0 Å². The third-order valence-corrected chi connectivity index (χ3v) is 6.00. The number of rotatable bonds is 8. The van der Waals surface area contributed by atoms with E-state index in [9.17, 15) is 4.79 Å². The van der Waals surface area contributed by atoms with E-state index in [1.165, 1.54) is 17.3 Å². The van der Waals surface area contributed by atoms with Gasteiger partial charge in [-0.3, -0.25) is 9.36 Å². The molecule has 2 aromatic carbocycles. The fourth-order valence-corrected chi connectivity index (χ4v) is 4.25. The SMILES string of the molecule is CCc1ccc(NC(=O)C(CC)n2c(N)nnc2SCc2ccccc2Cl)cc1. The number of nitrogens with two attached hydrogens (primary N) is 1. The van der Waals surface area contributed by atoms with E-state index in [4.69, 9.17) is 17.3 Å². The van der Waals surface area contributed by atoms with Gasteiger partial charge in [0.05, 0.1) is 0 Å². The Bertz CT molecular complexity index is 973. The van der Waals surface area contributed by atoms with Gasteiger partial charge in [0.15, 0.2) is 5.16 Å². The van der Waals surface area contributed by atoms with Gasteiger partial charge < -0.3 is 11.1 Å². The predicted molar refractivity (Wildman–Crippen MR) is 119 cm³/mol. The molecular weight excluding hydrogens is 406 g/mol. The van der Waals surface area contributed by atoms with E-state index in [1.807, 2.05) is 55.5 Å². The molecule has 152 valence electrons. The lowest BCUT2D eigenvalue weighted by molar-refractivity contribution is -0.119. The van der Waals surface area contributed by atoms with Crippen LogP contribution in [-0.2, 0) is 17.0 Å². The van der Waals surface area contributed by atoms with Crippen molar-refractivity contribution in [1.29, 1.82) is 0 Å². The summed E-state index contributed by atoms with van der Waals surface area (Å²) in [7, 11) is 0. The van der Waals surface area contributed by atoms with E-state index in [0.717, 1.165) is 17.7 Å². The average Bonchev–Trinajstić information content (AvgIpc) is 3.09. The van der Waals surface area contributed by atoms with Crippen LogP contribution in [0.15, 0.2) is 53.7 Å². The summed E-state index contributed by atoms with van der Waals surface area (Å²) in [6.07, 6.45) is 1.51. The Morgan fingerprint density at radius 3 is 2.55 bits per heavy atom. The van der Waals surface area contributed by atoms with Crippen LogP contribution in [-0.4, -0.2) is 20.7 Å². The second kappa shape index (κ2) is 9.80. The Morgan fingerprint density at radius 1 is 1.17 bits per heavy atom. The third-order valence-electron chi connectivity index (χ3n) is 4.64. The van der Waals surface area contributed by atoms with Crippen molar-refractivity contribution in [3.8, 4) is 0 Å². The zero-order chi connectivity index (χ0) is 20.8. The average molecular weight is 430 g/mol. The minimum atomic E-state index is -0.510. The molecular formula is C21H24ClN5OS. The maximum Gasteiger partial charge on any atom is 0.247 e. The number of thioether (sulfide) groups is 1. The molecule has 6 nitrogen and oxygen atoms in total. The lowest BCUT2D eigenvalue weighted by Crippen LogP contribution is -2.27. The van der Waals surface area contributed by atoms with Crippen LogP contribution in [0.3, 0.4) is 0 Å². The van der Waals surface area contributed by atoms with Crippen molar-refractivity contribution in [3.05, 3.63) is 64.7 Å². The number of nitrogen functional groups attached to an aromatic ring is 1. The van der Waals surface area contributed by atoms with Crippen LogP contribution in [0, 0.1) is 0 Å². The highest BCUT2D eigenvalue weighted by Gasteiger charge is 2.25. The number of nitrogens with one attached hydrogen (secondary N) is 1. The molecule has 1 aromatic heterocycles. The van der Waals surface area contributed by atoms with Crippen LogP contribution in [0.5, 0.6) is 0 Å². The quantitative estimate of drug-likeness (QED) is 0.494. The van der Waals surface area contributed by atoms with Gasteiger partial charge in [-0.05, 0) is 42.2 Å². The second-order valence-electron chi connectivity index (χ2n) is 6.55. The molecule has 8 heteroatoms. The van der Waals surface area contributed by atoms with E-state index >= 15 is 0 Å². The Morgan fingerprint density at radius 2 is 1.90 bits per heavy atom. The number of aryl methyl sites for hydroxylation is 1. The number of carbonyl (C=O) groups excluding carboxylic acids is 1. The van der Waals surface area contributed by atoms with Crippen LogP contribution < -0.4 is 11.1 Å². The summed E-state index contributed by atoms with van der Waals surface area (Å²) in [5.74, 6) is 0.673. The normalized spacial score (nSPS) is 12.0. The number of hydrogen-bond acceptors (Lipinski definition) is 5. The van der Waals surface area contributed by atoms with Crippen molar-refractivity contribution >= 4 is 40.9 Å². The zero-order valence-corrected chi connectivity index (χ0v) is 18.0. The summed E-state index contributed by atoms with van der Waals surface area (Å²) < 4.78 is 1.69. The number of halogens is 1. The fraction of sp³-hybridized carbons (Fsp3) is 0.286. The number of nitrogens with zero attached hydrogens (tertiary/aromatic N) is 3. The minimum absolute atomic E-state index is 0.150. The number of amides is 1. The predicted octanol–water partition coefficient (Wildman–Crippen LogP) is 4.96. The monoisotopic (exact) mass is 429 g/mol. The van der Waals surface area contributed by atoms with E-state index in [1.54, 1.807) is 4.57 Å². The lowest BCUT2D eigenvalue weighted by atomic mass is 10.1. The molecule has 29 heavy (non-hydrogen) atoms. The van der Waals surface area contributed by atoms with Gasteiger partial charge in [0.2, 0.25) is 11.9 Å². The largest absolute Gasteiger partial charge is 0.368 e. The molecule has 0 aliphatic heterocycles. The summed E-state index contributed by atoms with van der Waals surface area (Å²) in [6, 6.07) is 15.0. The van der Waals surface area contributed by atoms with E-state index < -0.39 is 6.04 Å². The Kier molecular flexibility index (Phi) is 7.17. The molecule has 3 N–H and O–H groups in total. The van der Waals surface area contributed by atoms with Crippen molar-refractivity contribution < 1.29 is 4.79 Å². The lowest BCUT2D eigenvalue weighted by Gasteiger charge is -2.19. The first-order valence-electron chi connectivity index (χ1n) is 9.49. The van der Waals surface area contributed by atoms with Crippen molar-refractivity contribution in [2.24, 2.45) is 0 Å². The highest BCUT2D eigenvalue weighted by atomic mass is 35.5. The molecule has 0 spiro atoms. The summed E-state index contributed by atoms with van der Waals surface area (Å²) in [5, 5.41) is 12.4. The summed E-state index contributed by atoms with van der Waals surface area (Å²) in [6.45, 7) is 4.03. The van der Waals surface area contributed by atoms with Crippen LogP contribution in [0.25, 0.3) is 0 Å². The van der Waals surface area contributed by atoms with E-state index in [-0.39, 0.29) is 11.9 Å². The molecule has 1 heterocycles. The van der Waals surface area contributed by atoms with Gasteiger partial charge in [0.1, 0.15) is 6.04 Å². The summed E-state index contributed by atoms with van der Waals surface area (Å²) >= 11 is 7.69. The van der Waals surface area contributed by atoms with Gasteiger partial charge in [0, 0.05) is 16.5 Å². The van der Waals surface area contributed by atoms with E-state index in [2.05, 4.69) is 22.4 Å². The molecule has 0 saturated heterocycles. The molecule has 0 aliphatic rings. The van der Waals surface area contributed by atoms with Gasteiger partial charge in [-0.2, -0.15) is 0 Å². The van der Waals surface area contributed by atoms with Crippen molar-refractivity contribution in [2.75, 3.05) is 11.1 Å². The fourth-order valence-electron chi connectivity index (χ4n) is 2.97. The van der Waals surface area contributed by atoms with Crippen LogP contribution in [0.4, 0.5) is 11.6 Å².